The topological polar surface area (TPSA) is 12.9 Å². The molecule has 3 heteroatoms. The molecule has 0 radical (unpaired) electrons. The van der Waals surface area contributed by atoms with Crippen LogP contribution < -0.4 is 5.19 Å². The quantitative estimate of drug-likeness (QED) is 0.365. The van der Waals surface area contributed by atoms with Crippen molar-refractivity contribution in [3.8, 4) is 11.3 Å². The monoisotopic (exact) mass is 375 g/mol. The first-order chi connectivity index (χ1) is 12.5. The van der Waals surface area contributed by atoms with Crippen molar-refractivity contribution < 1.29 is 0 Å². The molecular formula is C23H25NSSi. The maximum atomic E-state index is 4.87. The predicted octanol–water partition coefficient (Wildman–Crippen LogP) is 6.61. The summed E-state index contributed by atoms with van der Waals surface area (Å²) in [5.41, 5.74) is 3.82. The van der Waals surface area contributed by atoms with Crippen molar-refractivity contribution in [1.82, 2.24) is 4.98 Å². The molecule has 0 fully saturated rings. The number of aryl methyl sites for hydroxylation is 1. The Balaban J connectivity index is 1.86. The van der Waals surface area contributed by atoms with Crippen LogP contribution in [0.4, 0.5) is 0 Å². The maximum Gasteiger partial charge on any atom is 0.0799 e. The lowest BCUT2D eigenvalue weighted by atomic mass is 10.0. The zero-order chi connectivity index (χ0) is 18.3. The molecule has 0 bridgehead atoms. The van der Waals surface area contributed by atoms with Crippen molar-refractivity contribution in [2.45, 2.75) is 39.4 Å². The molecular weight excluding hydrogens is 350 g/mol. The standard InChI is InChI=1S/C23H25NSSi/c1-5-8-17-14-20(24-15-23(17)26(2,3)4)16-11-12-22-19(13-16)18-9-6-7-10-21(18)25-22/h6-7,9-15H,5,8H2,1-4H3. The van der Waals surface area contributed by atoms with Crippen molar-refractivity contribution in [1.29, 1.82) is 0 Å². The number of hydrogen-bond donors (Lipinski definition) is 0. The number of aromatic nitrogens is 1. The third kappa shape index (κ3) is 3.10. The number of thiophene rings is 1. The molecule has 0 spiro atoms. The van der Waals surface area contributed by atoms with E-state index in [0.29, 0.717) is 0 Å². The summed E-state index contributed by atoms with van der Waals surface area (Å²) in [5.74, 6) is 0. The Kier molecular flexibility index (Phi) is 4.45. The number of hydrogen-bond acceptors (Lipinski definition) is 2. The van der Waals surface area contributed by atoms with Gasteiger partial charge in [0.2, 0.25) is 0 Å². The van der Waals surface area contributed by atoms with E-state index < -0.39 is 8.07 Å². The van der Waals surface area contributed by atoms with Crippen LogP contribution in [0.25, 0.3) is 31.4 Å². The van der Waals surface area contributed by atoms with Crippen LogP contribution in [0.15, 0.2) is 54.7 Å². The second-order valence-corrected chi connectivity index (χ2v) is 14.2. The summed E-state index contributed by atoms with van der Waals surface area (Å²) in [6, 6.07) is 17.8. The Labute approximate surface area is 160 Å². The fourth-order valence-electron chi connectivity index (χ4n) is 3.69. The number of pyridine rings is 1. The lowest BCUT2D eigenvalue weighted by Gasteiger charge is -2.21. The molecule has 2 heterocycles. The molecule has 2 aromatic carbocycles. The second-order valence-electron chi connectivity index (χ2n) is 8.04. The van der Waals surface area contributed by atoms with Crippen LogP contribution in [0.5, 0.6) is 0 Å². The fourth-order valence-corrected chi connectivity index (χ4v) is 6.39. The van der Waals surface area contributed by atoms with E-state index in [0.717, 1.165) is 12.1 Å². The van der Waals surface area contributed by atoms with Crippen LogP contribution in [0.3, 0.4) is 0 Å². The van der Waals surface area contributed by atoms with Gasteiger partial charge in [0.1, 0.15) is 0 Å². The van der Waals surface area contributed by atoms with Crippen molar-refractivity contribution in [3.05, 3.63) is 60.3 Å². The number of fused-ring (bicyclic) bond motifs is 3. The van der Waals surface area contributed by atoms with Crippen molar-refractivity contribution >= 4 is 44.8 Å². The van der Waals surface area contributed by atoms with Gasteiger partial charge in [-0.25, -0.2) is 0 Å². The predicted molar refractivity (Wildman–Crippen MR) is 120 cm³/mol. The Hall–Kier alpha value is -1.97. The highest BCUT2D eigenvalue weighted by Gasteiger charge is 2.21. The molecule has 0 aliphatic rings. The normalized spacial score (nSPS) is 12.2. The van der Waals surface area contributed by atoms with Gasteiger partial charge in [0.25, 0.3) is 0 Å². The van der Waals surface area contributed by atoms with Crippen LogP contribution in [-0.2, 0) is 6.42 Å². The highest BCUT2D eigenvalue weighted by molar-refractivity contribution is 7.25. The summed E-state index contributed by atoms with van der Waals surface area (Å²) in [6.07, 6.45) is 4.47. The summed E-state index contributed by atoms with van der Waals surface area (Å²) in [6.45, 7) is 9.49. The number of rotatable bonds is 4. The molecule has 0 aliphatic carbocycles. The summed E-state index contributed by atoms with van der Waals surface area (Å²) >= 11 is 1.87. The molecule has 0 atom stereocenters. The first-order valence-corrected chi connectivity index (χ1v) is 13.7. The van der Waals surface area contributed by atoms with E-state index in [2.05, 4.69) is 81.3 Å². The van der Waals surface area contributed by atoms with Crippen LogP contribution >= 0.6 is 11.3 Å². The minimum absolute atomic E-state index is 1.10. The fraction of sp³-hybridized carbons (Fsp3) is 0.261. The molecule has 0 aliphatic heterocycles. The van der Waals surface area contributed by atoms with Gasteiger partial charge in [-0.15, -0.1) is 11.3 Å². The van der Waals surface area contributed by atoms with E-state index >= 15 is 0 Å². The van der Waals surface area contributed by atoms with Gasteiger partial charge in [-0.2, -0.15) is 0 Å². The molecule has 0 amide bonds. The Morgan fingerprint density at radius 1 is 0.923 bits per heavy atom. The van der Waals surface area contributed by atoms with Gasteiger partial charge in [-0.3, -0.25) is 4.98 Å². The summed E-state index contributed by atoms with van der Waals surface area (Å²) in [4.78, 5) is 4.87. The first-order valence-electron chi connectivity index (χ1n) is 9.38. The summed E-state index contributed by atoms with van der Waals surface area (Å²) in [7, 11) is -1.37. The largest absolute Gasteiger partial charge is 0.256 e. The molecule has 0 saturated carbocycles. The molecule has 0 unspecified atom stereocenters. The third-order valence-electron chi connectivity index (χ3n) is 4.99. The smallest absolute Gasteiger partial charge is 0.0799 e. The van der Waals surface area contributed by atoms with E-state index in [1.807, 2.05) is 11.3 Å². The van der Waals surface area contributed by atoms with Gasteiger partial charge in [-0.05, 0) is 41.4 Å². The van der Waals surface area contributed by atoms with Crippen molar-refractivity contribution in [2.24, 2.45) is 0 Å². The molecule has 132 valence electrons. The van der Waals surface area contributed by atoms with Crippen LogP contribution in [-0.4, -0.2) is 13.1 Å². The molecule has 4 aromatic rings. The Morgan fingerprint density at radius 3 is 2.46 bits per heavy atom. The van der Waals surface area contributed by atoms with Gasteiger partial charge < -0.3 is 0 Å². The van der Waals surface area contributed by atoms with Gasteiger partial charge in [0, 0.05) is 31.9 Å². The van der Waals surface area contributed by atoms with Crippen LogP contribution in [0.1, 0.15) is 18.9 Å². The highest BCUT2D eigenvalue weighted by Crippen LogP contribution is 2.35. The van der Waals surface area contributed by atoms with E-state index in [1.54, 1.807) is 0 Å². The van der Waals surface area contributed by atoms with E-state index in [-0.39, 0.29) is 0 Å². The molecule has 4 rings (SSSR count). The Bertz CT molecular complexity index is 1090. The van der Waals surface area contributed by atoms with Gasteiger partial charge in [-0.1, -0.05) is 57.3 Å². The average Bonchev–Trinajstić information content (AvgIpc) is 2.99. The summed E-state index contributed by atoms with van der Waals surface area (Å²) < 4.78 is 2.70. The lowest BCUT2D eigenvalue weighted by Crippen LogP contribution is -2.40. The van der Waals surface area contributed by atoms with E-state index in [4.69, 9.17) is 4.98 Å². The lowest BCUT2D eigenvalue weighted by molar-refractivity contribution is 0.924. The highest BCUT2D eigenvalue weighted by atomic mass is 32.1. The van der Waals surface area contributed by atoms with Crippen LogP contribution in [0.2, 0.25) is 19.6 Å². The van der Waals surface area contributed by atoms with Gasteiger partial charge >= 0.3 is 0 Å². The Morgan fingerprint density at radius 2 is 1.69 bits per heavy atom. The molecule has 26 heavy (non-hydrogen) atoms. The number of nitrogens with zero attached hydrogens (tertiary/aromatic N) is 1. The van der Waals surface area contributed by atoms with Crippen LogP contribution in [0, 0.1) is 0 Å². The molecule has 0 N–H and O–H groups in total. The average molecular weight is 376 g/mol. The SMILES string of the molecule is CCCc1cc(-c2ccc3sc4ccccc4c3c2)ncc1[Si](C)(C)C. The zero-order valence-electron chi connectivity index (χ0n) is 16.0. The van der Waals surface area contributed by atoms with E-state index in [1.165, 1.54) is 42.9 Å². The molecule has 0 saturated heterocycles. The second kappa shape index (κ2) is 6.64. The number of benzene rings is 2. The molecule has 2 aromatic heterocycles. The first kappa shape index (κ1) is 17.4. The zero-order valence-corrected chi connectivity index (χ0v) is 17.8. The minimum Gasteiger partial charge on any atom is -0.256 e. The summed E-state index contributed by atoms with van der Waals surface area (Å²) in [5, 5.41) is 4.20. The third-order valence-corrected chi connectivity index (χ3v) is 8.21. The van der Waals surface area contributed by atoms with Gasteiger partial charge in [0.05, 0.1) is 13.8 Å². The van der Waals surface area contributed by atoms with E-state index in [9.17, 15) is 0 Å². The molecule has 1 nitrogen and oxygen atoms in total. The van der Waals surface area contributed by atoms with Gasteiger partial charge in [0.15, 0.2) is 0 Å². The maximum absolute atomic E-state index is 4.87. The van der Waals surface area contributed by atoms with Crippen molar-refractivity contribution in [2.75, 3.05) is 0 Å². The van der Waals surface area contributed by atoms with Crippen molar-refractivity contribution in [3.63, 3.8) is 0 Å². The minimum atomic E-state index is -1.37.